The largest absolute Gasteiger partial charge is 0.459 e. The molecule has 5 heteroatoms. The molecule has 17 heavy (non-hydrogen) atoms. The Kier molecular flexibility index (Phi) is 4.89. The van der Waals surface area contributed by atoms with Crippen molar-refractivity contribution in [2.75, 3.05) is 5.75 Å². The van der Waals surface area contributed by atoms with Crippen LogP contribution in [0, 0.1) is 0 Å². The Labute approximate surface area is 112 Å². The van der Waals surface area contributed by atoms with Crippen LogP contribution in [0.1, 0.15) is 20.8 Å². The van der Waals surface area contributed by atoms with Gasteiger partial charge in [-0.25, -0.2) is 0 Å². The third kappa shape index (κ3) is 5.46. The van der Waals surface area contributed by atoms with E-state index in [4.69, 9.17) is 4.74 Å². The lowest BCUT2D eigenvalue weighted by Crippen LogP contribution is -2.27. The lowest BCUT2D eigenvalue weighted by Gasteiger charge is -2.19. The quantitative estimate of drug-likeness (QED) is 0.805. The fourth-order valence-corrected chi connectivity index (χ4v) is 2.29. The minimum absolute atomic E-state index is 0.112. The first-order valence-corrected chi connectivity index (χ1v) is 7.25. The van der Waals surface area contributed by atoms with Gasteiger partial charge in [-0.05, 0) is 45.0 Å². The normalized spacial score (nSPS) is 13.2. The van der Waals surface area contributed by atoms with Crippen LogP contribution in [0.4, 0.5) is 0 Å². The van der Waals surface area contributed by atoms with Crippen molar-refractivity contribution in [3.8, 4) is 0 Å². The standard InChI is InChI=1S/C12H15BrO3S/c1-12(2,3)16-11(14)8-17(15)10-6-4-9(13)5-7-10/h4-7H,8H2,1-3H3. The Hall–Kier alpha value is -0.680. The van der Waals surface area contributed by atoms with Gasteiger partial charge in [-0.3, -0.25) is 9.00 Å². The van der Waals surface area contributed by atoms with Gasteiger partial charge in [-0.1, -0.05) is 15.9 Å². The Balaban J connectivity index is 2.61. The SMILES string of the molecule is CC(C)(C)OC(=O)CS(=O)c1ccc(Br)cc1. The third-order valence-corrected chi connectivity index (χ3v) is 3.57. The summed E-state index contributed by atoms with van der Waals surface area (Å²) in [5.41, 5.74) is -0.541. The van der Waals surface area contributed by atoms with Gasteiger partial charge in [0.2, 0.25) is 0 Å². The number of halogens is 1. The van der Waals surface area contributed by atoms with Crippen molar-refractivity contribution in [2.45, 2.75) is 31.3 Å². The van der Waals surface area contributed by atoms with Gasteiger partial charge in [0.25, 0.3) is 0 Å². The molecule has 3 nitrogen and oxygen atoms in total. The van der Waals surface area contributed by atoms with Crippen LogP contribution in [0.25, 0.3) is 0 Å². The summed E-state index contributed by atoms with van der Waals surface area (Å²) in [5, 5.41) is 0. The topological polar surface area (TPSA) is 43.4 Å². The summed E-state index contributed by atoms with van der Waals surface area (Å²) in [4.78, 5) is 12.1. The second-order valence-electron chi connectivity index (χ2n) is 4.53. The summed E-state index contributed by atoms with van der Waals surface area (Å²) in [6, 6.07) is 7.04. The fraction of sp³-hybridized carbons (Fsp3) is 0.417. The molecule has 0 aliphatic carbocycles. The first kappa shape index (κ1) is 14.4. The van der Waals surface area contributed by atoms with E-state index >= 15 is 0 Å². The summed E-state index contributed by atoms with van der Waals surface area (Å²) in [7, 11) is -1.35. The summed E-state index contributed by atoms with van der Waals surface area (Å²) in [5.74, 6) is -0.558. The molecule has 0 aromatic heterocycles. The summed E-state index contributed by atoms with van der Waals surface area (Å²) in [6.07, 6.45) is 0. The van der Waals surface area contributed by atoms with Gasteiger partial charge in [-0.15, -0.1) is 0 Å². The number of carbonyl (C=O) groups is 1. The van der Waals surface area contributed by atoms with Crippen molar-refractivity contribution in [3.05, 3.63) is 28.7 Å². The van der Waals surface area contributed by atoms with Gasteiger partial charge >= 0.3 is 5.97 Å². The van der Waals surface area contributed by atoms with E-state index in [0.29, 0.717) is 4.90 Å². The number of benzene rings is 1. The molecule has 0 aliphatic rings. The average Bonchev–Trinajstić information content (AvgIpc) is 2.15. The van der Waals surface area contributed by atoms with Crippen molar-refractivity contribution < 1.29 is 13.7 Å². The maximum atomic E-state index is 11.8. The van der Waals surface area contributed by atoms with E-state index in [2.05, 4.69) is 15.9 Å². The van der Waals surface area contributed by atoms with Gasteiger partial charge < -0.3 is 4.74 Å². The number of carbonyl (C=O) groups excluding carboxylic acids is 1. The zero-order valence-electron chi connectivity index (χ0n) is 10.0. The third-order valence-electron chi connectivity index (χ3n) is 1.75. The molecule has 0 heterocycles. The number of hydrogen-bond acceptors (Lipinski definition) is 3. The van der Waals surface area contributed by atoms with Crippen LogP contribution in [0.2, 0.25) is 0 Å². The minimum atomic E-state index is -1.35. The molecular formula is C12H15BrO3S. The van der Waals surface area contributed by atoms with Crippen molar-refractivity contribution in [2.24, 2.45) is 0 Å². The number of ether oxygens (including phenoxy) is 1. The van der Waals surface area contributed by atoms with Gasteiger partial charge in [0.05, 0.1) is 10.8 Å². The van der Waals surface area contributed by atoms with E-state index in [0.717, 1.165) is 4.47 Å². The Morgan fingerprint density at radius 3 is 2.29 bits per heavy atom. The van der Waals surface area contributed by atoms with Crippen LogP contribution in [0.3, 0.4) is 0 Å². The van der Waals surface area contributed by atoms with Crippen LogP contribution in [0.5, 0.6) is 0 Å². The highest BCUT2D eigenvalue weighted by molar-refractivity contribution is 9.10. The molecule has 0 bridgehead atoms. The molecule has 0 saturated heterocycles. The molecule has 0 aliphatic heterocycles. The first-order valence-electron chi connectivity index (χ1n) is 5.14. The second-order valence-corrected chi connectivity index (χ2v) is 6.90. The Morgan fingerprint density at radius 2 is 1.82 bits per heavy atom. The van der Waals surface area contributed by atoms with Gasteiger partial charge in [0.15, 0.2) is 0 Å². The number of hydrogen-bond donors (Lipinski definition) is 0. The summed E-state index contributed by atoms with van der Waals surface area (Å²) >= 11 is 3.29. The summed E-state index contributed by atoms with van der Waals surface area (Å²) in [6.45, 7) is 5.36. The average molecular weight is 319 g/mol. The monoisotopic (exact) mass is 318 g/mol. The summed E-state index contributed by atoms with van der Waals surface area (Å²) < 4.78 is 17.9. The molecule has 0 radical (unpaired) electrons. The maximum Gasteiger partial charge on any atom is 0.319 e. The van der Waals surface area contributed by atoms with Crippen molar-refractivity contribution in [3.63, 3.8) is 0 Å². The Morgan fingerprint density at radius 1 is 1.29 bits per heavy atom. The molecule has 0 amide bonds. The molecular weight excluding hydrogens is 304 g/mol. The zero-order chi connectivity index (χ0) is 13.1. The predicted octanol–water partition coefficient (Wildman–Crippen LogP) is 2.90. The van der Waals surface area contributed by atoms with E-state index in [1.165, 1.54) is 0 Å². The maximum absolute atomic E-state index is 11.8. The lowest BCUT2D eigenvalue weighted by atomic mass is 10.2. The fourth-order valence-electron chi connectivity index (χ4n) is 1.15. The predicted molar refractivity (Wildman–Crippen MR) is 71.3 cm³/mol. The molecule has 0 saturated carbocycles. The van der Waals surface area contributed by atoms with E-state index < -0.39 is 22.4 Å². The second kappa shape index (κ2) is 5.78. The van der Waals surface area contributed by atoms with Crippen LogP contribution in [-0.2, 0) is 20.3 Å². The Bertz CT molecular complexity index is 420. The van der Waals surface area contributed by atoms with Crippen LogP contribution >= 0.6 is 15.9 Å². The molecule has 1 rings (SSSR count). The van der Waals surface area contributed by atoms with Gasteiger partial charge in [-0.2, -0.15) is 0 Å². The highest BCUT2D eigenvalue weighted by atomic mass is 79.9. The number of rotatable bonds is 3. The molecule has 1 aromatic rings. The molecule has 1 aromatic carbocycles. The van der Waals surface area contributed by atoms with E-state index in [9.17, 15) is 9.00 Å². The molecule has 1 atom stereocenters. The number of esters is 1. The minimum Gasteiger partial charge on any atom is -0.459 e. The first-order chi connectivity index (χ1) is 7.78. The van der Waals surface area contributed by atoms with Crippen LogP contribution in [0.15, 0.2) is 33.6 Å². The van der Waals surface area contributed by atoms with Crippen LogP contribution < -0.4 is 0 Å². The van der Waals surface area contributed by atoms with Crippen molar-refractivity contribution >= 4 is 32.7 Å². The van der Waals surface area contributed by atoms with Crippen molar-refractivity contribution in [1.82, 2.24) is 0 Å². The van der Waals surface area contributed by atoms with Crippen LogP contribution in [-0.4, -0.2) is 21.5 Å². The zero-order valence-corrected chi connectivity index (χ0v) is 12.4. The van der Waals surface area contributed by atoms with Crippen molar-refractivity contribution in [1.29, 1.82) is 0 Å². The molecule has 0 fully saturated rings. The van der Waals surface area contributed by atoms with E-state index in [-0.39, 0.29) is 5.75 Å². The van der Waals surface area contributed by atoms with Gasteiger partial charge in [0.1, 0.15) is 11.4 Å². The smallest absolute Gasteiger partial charge is 0.319 e. The highest BCUT2D eigenvalue weighted by Crippen LogP contribution is 2.14. The van der Waals surface area contributed by atoms with Gasteiger partial charge in [0, 0.05) is 9.37 Å². The van der Waals surface area contributed by atoms with E-state index in [1.54, 1.807) is 45.0 Å². The molecule has 0 N–H and O–H groups in total. The highest BCUT2D eigenvalue weighted by Gasteiger charge is 2.18. The molecule has 1 unspecified atom stereocenters. The lowest BCUT2D eigenvalue weighted by molar-refractivity contribution is -0.151. The molecule has 94 valence electrons. The molecule has 0 spiro atoms. The van der Waals surface area contributed by atoms with E-state index in [1.807, 2.05) is 0 Å².